The first-order valence-corrected chi connectivity index (χ1v) is 6.31. The van der Waals surface area contributed by atoms with Crippen molar-refractivity contribution < 1.29 is 13.2 Å². The average Bonchev–Trinajstić information content (AvgIpc) is 2.70. The van der Waals surface area contributed by atoms with E-state index in [9.17, 15) is 13.2 Å². The monoisotopic (exact) mass is 283 g/mol. The molecule has 1 heterocycles. The van der Waals surface area contributed by atoms with E-state index >= 15 is 0 Å². The highest BCUT2D eigenvalue weighted by Crippen LogP contribution is 2.32. The molecule has 0 saturated carbocycles. The number of imidazole rings is 1. The van der Waals surface area contributed by atoms with E-state index in [0.29, 0.717) is 18.2 Å². The van der Waals surface area contributed by atoms with Gasteiger partial charge in [-0.15, -0.1) is 0 Å². The van der Waals surface area contributed by atoms with E-state index in [-0.39, 0.29) is 0 Å². The Labute approximate surface area is 115 Å². The number of rotatable bonds is 3. The van der Waals surface area contributed by atoms with Gasteiger partial charge in [-0.25, -0.2) is 4.98 Å². The Morgan fingerprint density at radius 2 is 1.95 bits per heavy atom. The van der Waals surface area contributed by atoms with Crippen LogP contribution in [0.15, 0.2) is 24.4 Å². The maximum absolute atomic E-state index is 12.8. The van der Waals surface area contributed by atoms with Crippen molar-refractivity contribution in [3.63, 3.8) is 0 Å². The van der Waals surface area contributed by atoms with Gasteiger partial charge in [0.05, 0.1) is 16.9 Å². The van der Waals surface area contributed by atoms with Gasteiger partial charge in [-0.1, -0.05) is 6.07 Å². The third kappa shape index (κ3) is 2.79. The van der Waals surface area contributed by atoms with Crippen molar-refractivity contribution in [2.75, 3.05) is 11.9 Å². The molecular weight excluding hydrogens is 267 g/mol. The lowest BCUT2D eigenvalue weighted by atomic mass is 10.1. The maximum atomic E-state index is 12.8. The molecule has 108 valence electrons. The van der Waals surface area contributed by atoms with E-state index in [4.69, 9.17) is 0 Å². The van der Waals surface area contributed by atoms with E-state index in [1.807, 2.05) is 6.92 Å². The lowest BCUT2D eigenvalue weighted by Gasteiger charge is -2.14. The summed E-state index contributed by atoms with van der Waals surface area (Å²) in [7, 11) is 0. The second kappa shape index (κ2) is 5.19. The van der Waals surface area contributed by atoms with Gasteiger partial charge in [-0.05, 0) is 38.5 Å². The molecule has 1 N–H and O–H groups in total. The number of aryl methyl sites for hydroxylation is 2. The van der Waals surface area contributed by atoms with Crippen LogP contribution in [0, 0.1) is 13.8 Å². The Morgan fingerprint density at radius 3 is 2.55 bits per heavy atom. The van der Waals surface area contributed by atoms with Gasteiger partial charge in [0.2, 0.25) is 5.95 Å². The molecule has 1 aromatic heterocycles. The van der Waals surface area contributed by atoms with Crippen LogP contribution in [0.3, 0.4) is 0 Å². The van der Waals surface area contributed by atoms with Crippen LogP contribution in [-0.2, 0) is 6.18 Å². The number of nitrogens with one attached hydrogen (secondary N) is 1. The van der Waals surface area contributed by atoms with E-state index in [1.54, 1.807) is 24.6 Å². The molecule has 0 unspecified atom stereocenters. The number of halogens is 3. The molecule has 20 heavy (non-hydrogen) atoms. The van der Waals surface area contributed by atoms with Crippen LogP contribution in [0.5, 0.6) is 0 Å². The predicted octanol–water partition coefficient (Wildman–Crippen LogP) is 3.94. The normalized spacial score (nSPS) is 11.7. The molecular formula is C14H16F3N3. The van der Waals surface area contributed by atoms with Crippen LogP contribution in [-0.4, -0.2) is 16.1 Å². The van der Waals surface area contributed by atoms with Crippen molar-refractivity contribution in [1.29, 1.82) is 0 Å². The Balaban J connectivity index is 2.57. The number of anilines is 1. The van der Waals surface area contributed by atoms with Crippen molar-refractivity contribution in [3.05, 3.63) is 41.2 Å². The van der Waals surface area contributed by atoms with Crippen LogP contribution < -0.4 is 5.32 Å². The minimum atomic E-state index is -4.35. The van der Waals surface area contributed by atoms with Gasteiger partial charge in [0.25, 0.3) is 0 Å². The second-order valence-electron chi connectivity index (χ2n) is 4.61. The van der Waals surface area contributed by atoms with E-state index in [0.717, 1.165) is 23.4 Å². The van der Waals surface area contributed by atoms with Gasteiger partial charge in [0.1, 0.15) is 0 Å². The molecule has 1 aromatic carbocycles. The van der Waals surface area contributed by atoms with Gasteiger partial charge in [-0.3, -0.25) is 4.57 Å². The van der Waals surface area contributed by atoms with Crippen molar-refractivity contribution >= 4 is 5.95 Å². The van der Waals surface area contributed by atoms with Crippen LogP contribution in [0.2, 0.25) is 0 Å². The Morgan fingerprint density at radius 1 is 1.25 bits per heavy atom. The zero-order valence-corrected chi connectivity index (χ0v) is 11.5. The fourth-order valence-electron chi connectivity index (χ4n) is 2.01. The first-order valence-electron chi connectivity index (χ1n) is 6.31. The van der Waals surface area contributed by atoms with Crippen LogP contribution in [0.1, 0.15) is 23.7 Å². The largest absolute Gasteiger partial charge is 0.416 e. The second-order valence-corrected chi connectivity index (χ2v) is 4.61. The minimum absolute atomic E-state index is 0.483. The summed E-state index contributed by atoms with van der Waals surface area (Å²) in [5, 5.41) is 3.05. The molecule has 0 aliphatic heterocycles. The zero-order chi connectivity index (χ0) is 14.9. The number of alkyl halides is 3. The molecule has 0 radical (unpaired) electrons. The average molecular weight is 283 g/mol. The van der Waals surface area contributed by atoms with E-state index in [1.165, 1.54) is 6.07 Å². The first-order chi connectivity index (χ1) is 9.32. The maximum Gasteiger partial charge on any atom is 0.416 e. The summed E-state index contributed by atoms with van der Waals surface area (Å²) in [6.45, 7) is 6.14. The summed E-state index contributed by atoms with van der Waals surface area (Å²) < 4.78 is 40.1. The number of hydrogen-bond donors (Lipinski definition) is 1. The molecule has 0 saturated heterocycles. The minimum Gasteiger partial charge on any atom is -0.356 e. The molecule has 0 aliphatic carbocycles. The smallest absolute Gasteiger partial charge is 0.356 e. The number of hydrogen-bond acceptors (Lipinski definition) is 2. The van der Waals surface area contributed by atoms with Gasteiger partial charge in [0, 0.05) is 12.7 Å². The molecule has 0 spiro atoms. The van der Waals surface area contributed by atoms with Crippen molar-refractivity contribution in [1.82, 2.24) is 9.55 Å². The summed E-state index contributed by atoms with van der Waals surface area (Å²) in [6.07, 6.45) is -2.63. The fraction of sp³-hybridized carbons (Fsp3) is 0.357. The van der Waals surface area contributed by atoms with Gasteiger partial charge in [0.15, 0.2) is 0 Å². The molecule has 0 amide bonds. The highest BCUT2D eigenvalue weighted by molar-refractivity contribution is 5.50. The van der Waals surface area contributed by atoms with Crippen LogP contribution in [0.25, 0.3) is 5.69 Å². The molecule has 2 aromatic rings. The highest BCUT2D eigenvalue weighted by Gasteiger charge is 2.31. The highest BCUT2D eigenvalue weighted by atomic mass is 19.4. The molecule has 2 rings (SSSR count). The molecule has 0 fully saturated rings. The lowest BCUT2D eigenvalue weighted by Crippen LogP contribution is -2.09. The number of benzene rings is 1. The fourth-order valence-corrected chi connectivity index (χ4v) is 2.01. The third-order valence-electron chi connectivity index (χ3n) is 2.96. The van der Waals surface area contributed by atoms with Gasteiger partial charge in [-0.2, -0.15) is 13.2 Å². The Kier molecular flexibility index (Phi) is 3.74. The first kappa shape index (κ1) is 14.4. The van der Waals surface area contributed by atoms with Crippen LogP contribution >= 0.6 is 0 Å². The van der Waals surface area contributed by atoms with Crippen molar-refractivity contribution in [3.8, 4) is 5.69 Å². The number of aromatic nitrogens is 2. The molecule has 3 nitrogen and oxygen atoms in total. The van der Waals surface area contributed by atoms with Gasteiger partial charge < -0.3 is 5.32 Å². The third-order valence-corrected chi connectivity index (χ3v) is 2.96. The van der Waals surface area contributed by atoms with E-state index in [2.05, 4.69) is 10.3 Å². The quantitative estimate of drug-likeness (QED) is 0.924. The van der Waals surface area contributed by atoms with Gasteiger partial charge >= 0.3 is 6.18 Å². The molecule has 0 bridgehead atoms. The predicted molar refractivity (Wildman–Crippen MR) is 72.2 cm³/mol. The SMILES string of the molecule is CCNc1nc(C)cn1-c1cc(C(F)(F)F)ccc1C. The zero-order valence-electron chi connectivity index (χ0n) is 11.5. The summed E-state index contributed by atoms with van der Waals surface area (Å²) >= 11 is 0. The lowest BCUT2D eigenvalue weighted by molar-refractivity contribution is -0.137. The van der Waals surface area contributed by atoms with Crippen LogP contribution in [0.4, 0.5) is 19.1 Å². The molecule has 6 heteroatoms. The summed E-state index contributed by atoms with van der Waals surface area (Å²) in [6, 6.07) is 3.72. The summed E-state index contributed by atoms with van der Waals surface area (Å²) in [5.74, 6) is 0.549. The van der Waals surface area contributed by atoms with Crippen molar-refractivity contribution in [2.24, 2.45) is 0 Å². The summed E-state index contributed by atoms with van der Waals surface area (Å²) in [4.78, 5) is 4.28. The number of nitrogens with zero attached hydrogens (tertiary/aromatic N) is 2. The molecule has 0 aliphatic rings. The van der Waals surface area contributed by atoms with Crippen molar-refractivity contribution in [2.45, 2.75) is 26.9 Å². The molecule has 0 atom stereocenters. The Hall–Kier alpha value is -1.98. The summed E-state index contributed by atoms with van der Waals surface area (Å²) in [5.41, 5.74) is 1.33. The Bertz CT molecular complexity index is 615. The topological polar surface area (TPSA) is 29.9 Å². The standard InChI is InChI=1S/C14H16F3N3/c1-4-18-13-19-10(3)8-20(13)12-7-11(14(15,16)17)6-5-9(12)2/h5-8H,4H2,1-3H3,(H,18,19). The van der Waals surface area contributed by atoms with E-state index < -0.39 is 11.7 Å².